The fourth-order valence-electron chi connectivity index (χ4n) is 1.29. The molecule has 0 aromatic heterocycles. The number of rotatable bonds is 9. The summed E-state index contributed by atoms with van der Waals surface area (Å²) >= 11 is 0. The smallest absolute Gasteiger partial charge is 0.307 e. The van der Waals surface area contributed by atoms with Gasteiger partial charge < -0.3 is 5.11 Å². The number of carboxylic acid groups (broad SMARTS) is 1. The van der Waals surface area contributed by atoms with Gasteiger partial charge in [0.2, 0.25) is 10.0 Å². The number of hydrogen-bond acceptors (Lipinski definition) is 3. The zero-order valence-corrected chi connectivity index (χ0v) is 11.2. The first-order chi connectivity index (χ1) is 7.85. The van der Waals surface area contributed by atoms with E-state index in [4.69, 9.17) is 5.11 Å². The van der Waals surface area contributed by atoms with Crippen LogP contribution in [0.2, 0.25) is 0 Å². The van der Waals surface area contributed by atoms with Crippen LogP contribution >= 0.6 is 0 Å². The fourth-order valence-corrected chi connectivity index (χ4v) is 2.98. The van der Waals surface area contributed by atoms with E-state index in [9.17, 15) is 13.2 Å². The van der Waals surface area contributed by atoms with Gasteiger partial charge in [0, 0.05) is 13.1 Å². The molecule has 5 nitrogen and oxygen atoms in total. The van der Waals surface area contributed by atoms with Crippen LogP contribution in [-0.4, -0.2) is 42.6 Å². The zero-order valence-electron chi connectivity index (χ0n) is 10.4. The van der Waals surface area contributed by atoms with E-state index in [1.165, 1.54) is 17.3 Å². The molecule has 0 spiro atoms. The van der Waals surface area contributed by atoms with Crippen LogP contribution in [0, 0.1) is 5.92 Å². The molecular formula is C11H21NO4S. The summed E-state index contributed by atoms with van der Waals surface area (Å²) in [6.45, 7) is 7.05. The lowest BCUT2D eigenvalue weighted by Gasteiger charge is -2.22. The lowest BCUT2D eigenvalue weighted by atomic mass is 10.2. The minimum absolute atomic E-state index is 0.00655. The van der Waals surface area contributed by atoms with Crippen LogP contribution in [0.1, 0.15) is 26.7 Å². The number of hydrogen-bond donors (Lipinski definition) is 1. The first-order valence-corrected chi connectivity index (χ1v) is 7.27. The van der Waals surface area contributed by atoms with Crippen molar-refractivity contribution in [3.8, 4) is 0 Å². The summed E-state index contributed by atoms with van der Waals surface area (Å²) in [6.07, 6.45) is 2.84. The molecule has 0 aliphatic rings. The summed E-state index contributed by atoms with van der Waals surface area (Å²) in [7, 11) is -3.38. The van der Waals surface area contributed by atoms with E-state index in [2.05, 4.69) is 6.58 Å². The number of aliphatic carboxylic acids is 1. The summed E-state index contributed by atoms with van der Waals surface area (Å²) in [5.41, 5.74) is 0. The van der Waals surface area contributed by atoms with Crippen molar-refractivity contribution in [2.75, 3.05) is 18.8 Å². The Balaban J connectivity index is 4.71. The molecule has 17 heavy (non-hydrogen) atoms. The van der Waals surface area contributed by atoms with Gasteiger partial charge in [-0.1, -0.05) is 26.3 Å². The van der Waals surface area contributed by atoms with E-state index >= 15 is 0 Å². The average molecular weight is 263 g/mol. The molecule has 0 fully saturated rings. The second-order valence-corrected chi connectivity index (χ2v) is 6.10. The van der Waals surface area contributed by atoms with Crippen LogP contribution in [-0.2, 0) is 14.8 Å². The van der Waals surface area contributed by atoms with Crippen molar-refractivity contribution < 1.29 is 18.3 Å². The first-order valence-electron chi connectivity index (χ1n) is 5.66. The van der Waals surface area contributed by atoms with Crippen LogP contribution < -0.4 is 0 Å². The lowest BCUT2D eigenvalue weighted by molar-refractivity contribution is -0.141. The Labute approximate surface area is 103 Å². The average Bonchev–Trinajstić information content (AvgIpc) is 2.25. The molecule has 0 aromatic rings. The minimum atomic E-state index is -3.38. The van der Waals surface area contributed by atoms with Gasteiger partial charge >= 0.3 is 5.97 Å². The second-order valence-electron chi connectivity index (χ2n) is 4.01. The van der Waals surface area contributed by atoms with Gasteiger partial charge in [0.05, 0.1) is 11.7 Å². The van der Waals surface area contributed by atoms with E-state index in [0.29, 0.717) is 6.42 Å². The second kappa shape index (κ2) is 7.45. The first kappa shape index (κ1) is 16.1. The highest BCUT2D eigenvalue weighted by atomic mass is 32.2. The molecule has 0 aromatic carbocycles. The van der Waals surface area contributed by atoms with Crippen LogP contribution in [0.15, 0.2) is 12.7 Å². The molecule has 0 aliphatic carbocycles. The lowest BCUT2D eigenvalue weighted by Crippen LogP contribution is -2.38. The van der Waals surface area contributed by atoms with Crippen molar-refractivity contribution in [2.24, 2.45) is 5.92 Å². The van der Waals surface area contributed by atoms with E-state index in [1.807, 2.05) is 6.92 Å². The Morgan fingerprint density at radius 3 is 2.53 bits per heavy atom. The van der Waals surface area contributed by atoms with Gasteiger partial charge in [-0.3, -0.25) is 4.79 Å². The number of nitrogens with zero attached hydrogens (tertiary/aromatic N) is 1. The highest BCUT2D eigenvalue weighted by Crippen LogP contribution is 2.09. The Morgan fingerprint density at radius 2 is 2.12 bits per heavy atom. The highest BCUT2D eigenvalue weighted by Gasteiger charge is 2.24. The van der Waals surface area contributed by atoms with Crippen LogP contribution in [0.25, 0.3) is 0 Å². The van der Waals surface area contributed by atoms with Crippen LogP contribution in [0.3, 0.4) is 0 Å². The monoisotopic (exact) mass is 263 g/mol. The SMILES string of the molecule is C=CCN(CC(C)C(=O)O)S(=O)(=O)CCCC. The summed E-state index contributed by atoms with van der Waals surface area (Å²) in [5.74, 6) is -1.65. The number of sulfonamides is 1. The highest BCUT2D eigenvalue weighted by molar-refractivity contribution is 7.89. The molecule has 100 valence electrons. The van der Waals surface area contributed by atoms with E-state index in [1.54, 1.807) is 0 Å². The molecule has 0 saturated heterocycles. The van der Waals surface area contributed by atoms with Crippen molar-refractivity contribution >= 4 is 16.0 Å². The van der Waals surface area contributed by atoms with Crippen molar-refractivity contribution in [3.05, 3.63) is 12.7 Å². The third-order valence-corrected chi connectivity index (χ3v) is 4.27. The third-order valence-electron chi connectivity index (χ3n) is 2.38. The molecule has 0 heterocycles. The number of unbranched alkanes of at least 4 members (excludes halogenated alkanes) is 1. The van der Waals surface area contributed by atoms with Gasteiger partial charge in [-0.2, -0.15) is 4.31 Å². The Bertz CT molecular complexity index is 350. The van der Waals surface area contributed by atoms with E-state index in [0.717, 1.165) is 6.42 Å². The fraction of sp³-hybridized carbons (Fsp3) is 0.727. The van der Waals surface area contributed by atoms with Crippen molar-refractivity contribution in [1.82, 2.24) is 4.31 Å². The predicted molar refractivity (Wildman–Crippen MR) is 67.3 cm³/mol. The van der Waals surface area contributed by atoms with Crippen molar-refractivity contribution in [1.29, 1.82) is 0 Å². The standard InChI is InChI=1S/C11H21NO4S/c1-4-6-8-17(15,16)12(7-5-2)9-10(3)11(13)14/h5,10H,2,4,6-9H2,1,3H3,(H,13,14). The van der Waals surface area contributed by atoms with Gasteiger partial charge in [0.15, 0.2) is 0 Å². The molecule has 1 N–H and O–H groups in total. The molecular weight excluding hydrogens is 242 g/mol. The topological polar surface area (TPSA) is 74.7 Å². The Morgan fingerprint density at radius 1 is 1.53 bits per heavy atom. The van der Waals surface area contributed by atoms with Crippen LogP contribution in [0.5, 0.6) is 0 Å². The molecule has 0 bridgehead atoms. The molecule has 0 amide bonds. The largest absolute Gasteiger partial charge is 0.481 e. The molecule has 0 radical (unpaired) electrons. The van der Waals surface area contributed by atoms with Gasteiger partial charge in [0.25, 0.3) is 0 Å². The Hall–Kier alpha value is -0.880. The molecule has 0 saturated carbocycles. The van der Waals surface area contributed by atoms with Crippen LogP contribution in [0.4, 0.5) is 0 Å². The predicted octanol–water partition coefficient (Wildman–Crippen LogP) is 1.32. The maximum atomic E-state index is 11.9. The van der Waals surface area contributed by atoms with Crippen molar-refractivity contribution in [2.45, 2.75) is 26.7 Å². The number of carbonyl (C=O) groups is 1. The molecule has 1 atom stereocenters. The molecule has 6 heteroatoms. The molecule has 1 unspecified atom stereocenters. The summed E-state index contributed by atoms with van der Waals surface area (Å²) in [4.78, 5) is 10.7. The molecule has 0 aliphatic heterocycles. The number of carboxylic acids is 1. The summed E-state index contributed by atoms with van der Waals surface area (Å²) in [6, 6.07) is 0. The quantitative estimate of drug-likeness (QED) is 0.637. The maximum absolute atomic E-state index is 11.9. The van der Waals surface area contributed by atoms with Gasteiger partial charge in [0.1, 0.15) is 0 Å². The third kappa shape index (κ3) is 5.83. The normalized spacial score (nSPS) is 13.6. The van der Waals surface area contributed by atoms with Gasteiger partial charge in [-0.05, 0) is 6.42 Å². The zero-order chi connectivity index (χ0) is 13.5. The van der Waals surface area contributed by atoms with Gasteiger partial charge in [-0.25, -0.2) is 8.42 Å². The molecule has 0 rings (SSSR count). The van der Waals surface area contributed by atoms with Crippen molar-refractivity contribution in [3.63, 3.8) is 0 Å². The maximum Gasteiger partial charge on any atom is 0.307 e. The summed E-state index contributed by atoms with van der Waals surface area (Å²) in [5, 5.41) is 8.79. The minimum Gasteiger partial charge on any atom is -0.481 e. The van der Waals surface area contributed by atoms with E-state index in [-0.39, 0.29) is 18.8 Å². The van der Waals surface area contributed by atoms with Gasteiger partial charge in [-0.15, -0.1) is 6.58 Å². The summed E-state index contributed by atoms with van der Waals surface area (Å²) < 4.78 is 25.0. The Kier molecular flexibility index (Phi) is 7.06. The van der Waals surface area contributed by atoms with E-state index < -0.39 is 21.9 Å².